The molecule has 1 amide bonds. The fourth-order valence-corrected chi connectivity index (χ4v) is 2.89. The molecule has 0 spiro atoms. The zero-order valence-corrected chi connectivity index (χ0v) is 11.7. The Morgan fingerprint density at radius 3 is 2.33 bits per heavy atom. The first-order chi connectivity index (χ1) is 10.1. The quantitative estimate of drug-likeness (QED) is 0.906. The number of hydrogen-bond donors (Lipinski definition) is 1. The molecule has 21 heavy (non-hydrogen) atoms. The fraction of sp³-hybridized carbons (Fsp3) is 0.500. The molecule has 1 N–H and O–H groups in total. The van der Waals surface area contributed by atoms with Gasteiger partial charge in [0.15, 0.2) is 0 Å². The first kappa shape index (κ1) is 14.0. The molecule has 3 rings (SSSR count). The van der Waals surface area contributed by atoms with E-state index in [1.807, 2.05) is 0 Å². The highest BCUT2D eigenvalue weighted by atomic mass is 19.1. The van der Waals surface area contributed by atoms with Crippen LogP contribution in [0.5, 0.6) is 0 Å². The fourth-order valence-electron chi connectivity index (χ4n) is 2.89. The van der Waals surface area contributed by atoms with Gasteiger partial charge in [0.25, 0.3) is 0 Å². The summed E-state index contributed by atoms with van der Waals surface area (Å²) in [6.07, 6.45) is 3.02. The number of nitrogens with zero attached hydrogens (tertiary/aromatic N) is 1. The van der Waals surface area contributed by atoms with Crippen LogP contribution >= 0.6 is 0 Å². The van der Waals surface area contributed by atoms with Gasteiger partial charge in [-0.25, -0.2) is 4.39 Å². The lowest BCUT2D eigenvalue weighted by Crippen LogP contribution is -2.46. The number of halogens is 1. The van der Waals surface area contributed by atoms with Crippen molar-refractivity contribution < 1.29 is 19.1 Å². The largest absolute Gasteiger partial charge is 0.481 e. The maximum Gasteiger partial charge on any atom is 0.307 e. The van der Waals surface area contributed by atoms with Crippen LogP contribution in [0.2, 0.25) is 0 Å². The minimum atomic E-state index is -0.902. The lowest BCUT2D eigenvalue weighted by molar-refractivity contribution is -0.157. The van der Waals surface area contributed by atoms with Gasteiger partial charge in [0.1, 0.15) is 5.82 Å². The Bertz CT molecular complexity index is 570. The molecule has 2 aliphatic rings. The molecule has 0 bridgehead atoms. The molecule has 0 saturated heterocycles. The van der Waals surface area contributed by atoms with Crippen LogP contribution in [-0.2, 0) is 16.1 Å². The highest BCUT2D eigenvalue weighted by Gasteiger charge is 2.45. The predicted molar refractivity (Wildman–Crippen MR) is 73.8 cm³/mol. The maximum atomic E-state index is 13.8. The van der Waals surface area contributed by atoms with Crippen LogP contribution in [0.25, 0.3) is 0 Å². The van der Waals surface area contributed by atoms with Gasteiger partial charge in [0, 0.05) is 18.2 Å². The summed E-state index contributed by atoms with van der Waals surface area (Å²) in [7, 11) is 0. The summed E-state index contributed by atoms with van der Waals surface area (Å²) in [6.45, 7) is 0.235. The average molecular weight is 291 g/mol. The first-order valence-corrected chi connectivity index (χ1v) is 7.34. The maximum absolute atomic E-state index is 13.8. The second-order valence-electron chi connectivity index (χ2n) is 5.92. The van der Waals surface area contributed by atoms with E-state index in [2.05, 4.69) is 0 Å². The van der Waals surface area contributed by atoms with Gasteiger partial charge >= 0.3 is 5.97 Å². The molecule has 0 aromatic heterocycles. The number of carbonyl (C=O) groups is 2. The van der Waals surface area contributed by atoms with Crippen molar-refractivity contribution in [3.8, 4) is 0 Å². The Labute approximate surface area is 122 Å². The van der Waals surface area contributed by atoms with Gasteiger partial charge in [-0.2, -0.15) is 0 Å². The van der Waals surface area contributed by atoms with Crippen molar-refractivity contribution in [2.24, 2.45) is 11.8 Å². The molecule has 2 atom stereocenters. The monoisotopic (exact) mass is 291 g/mol. The number of carboxylic acids is 1. The van der Waals surface area contributed by atoms with Crippen molar-refractivity contribution >= 4 is 11.9 Å². The summed E-state index contributed by atoms with van der Waals surface area (Å²) >= 11 is 0. The van der Waals surface area contributed by atoms with Crippen molar-refractivity contribution in [2.75, 3.05) is 0 Å². The Morgan fingerprint density at radius 2 is 1.81 bits per heavy atom. The highest BCUT2D eigenvalue weighted by Crippen LogP contribution is 2.39. The van der Waals surface area contributed by atoms with Crippen LogP contribution in [0.4, 0.5) is 4.39 Å². The van der Waals surface area contributed by atoms with E-state index in [-0.39, 0.29) is 24.3 Å². The number of carbonyl (C=O) groups excluding carboxylic acids is 1. The lowest BCUT2D eigenvalue weighted by atomic mass is 9.73. The standard InChI is InChI=1S/C16H18FNO3/c17-14-4-2-1-3-10(14)9-18(11-5-6-11)15(19)12-7-8-13(12)16(20)21/h1-4,11-13H,5-9H2,(H,20,21). The van der Waals surface area contributed by atoms with Gasteiger partial charge in [-0.1, -0.05) is 18.2 Å². The SMILES string of the molecule is O=C(O)C1CCC1C(=O)N(Cc1ccccc1F)C1CC1. The van der Waals surface area contributed by atoms with Gasteiger partial charge in [0.05, 0.1) is 11.8 Å². The molecular formula is C16H18FNO3. The van der Waals surface area contributed by atoms with Gasteiger partial charge in [-0.3, -0.25) is 9.59 Å². The van der Waals surface area contributed by atoms with E-state index in [1.165, 1.54) is 6.07 Å². The third-order valence-corrected chi connectivity index (χ3v) is 4.48. The summed E-state index contributed by atoms with van der Waals surface area (Å²) in [6, 6.07) is 6.57. The van der Waals surface area contributed by atoms with Gasteiger partial charge in [0.2, 0.25) is 5.91 Å². The van der Waals surface area contributed by atoms with Crippen LogP contribution in [0.15, 0.2) is 24.3 Å². The van der Waals surface area contributed by atoms with E-state index < -0.39 is 17.8 Å². The van der Waals surface area contributed by atoms with E-state index in [0.29, 0.717) is 18.4 Å². The van der Waals surface area contributed by atoms with E-state index in [1.54, 1.807) is 23.1 Å². The number of benzene rings is 1. The highest BCUT2D eigenvalue weighted by molar-refractivity contribution is 5.86. The molecule has 1 aromatic rings. The topological polar surface area (TPSA) is 57.6 Å². The minimum absolute atomic E-state index is 0.126. The van der Waals surface area contributed by atoms with E-state index in [9.17, 15) is 14.0 Å². The average Bonchev–Trinajstić information content (AvgIpc) is 3.19. The number of carboxylic acid groups (broad SMARTS) is 1. The number of rotatable bonds is 5. The Morgan fingerprint density at radius 1 is 1.14 bits per heavy atom. The molecule has 4 nitrogen and oxygen atoms in total. The second-order valence-corrected chi connectivity index (χ2v) is 5.92. The smallest absolute Gasteiger partial charge is 0.307 e. The van der Waals surface area contributed by atoms with E-state index >= 15 is 0 Å². The summed E-state index contributed by atoms with van der Waals surface area (Å²) in [5.74, 6) is -2.35. The third kappa shape index (κ3) is 2.77. The van der Waals surface area contributed by atoms with Gasteiger partial charge in [-0.05, 0) is 31.7 Å². The van der Waals surface area contributed by atoms with Crippen molar-refractivity contribution in [1.82, 2.24) is 4.90 Å². The molecule has 0 aliphatic heterocycles. The van der Waals surface area contributed by atoms with Crippen LogP contribution in [0.3, 0.4) is 0 Å². The number of aliphatic carboxylic acids is 1. The van der Waals surface area contributed by atoms with Crippen LogP contribution in [0, 0.1) is 17.7 Å². The van der Waals surface area contributed by atoms with E-state index in [0.717, 1.165) is 12.8 Å². The Kier molecular flexibility index (Phi) is 3.66. The van der Waals surface area contributed by atoms with Gasteiger partial charge in [-0.15, -0.1) is 0 Å². The normalized spacial score (nSPS) is 24.2. The molecule has 2 aliphatic carbocycles. The van der Waals surface area contributed by atoms with Crippen molar-refractivity contribution in [1.29, 1.82) is 0 Å². The van der Waals surface area contributed by atoms with Crippen LogP contribution in [0.1, 0.15) is 31.2 Å². The second kappa shape index (κ2) is 5.47. The zero-order valence-electron chi connectivity index (χ0n) is 11.7. The lowest BCUT2D eigenvalue weighted by Gasteiger charge is -2.36. The molecule has 112 valence electrons. The Balaban J connectivity index is 1.75. The molecule has 2 saturated carbocycles. The van der Waals surface area contributed by atoms with Crippen molar-refractivity contribution in [3.05, 3.63) is 35.6 Å². The number of hydrogen-bond acceptors (Lipinski definition) is 2. The summed E-state index contributed by atoms with van der Waals surface area (Å²) in [5, 5.41) is 9.09. The molecular weight excluding hydrogens is 273 g/mol. The molecule has 5 heteroatoms. The van der Waals surface area contributed by atoms with Gasteiger partial charge < -0.3 is 10.0 Å². The minimum Gasteiger partial charge on any atom is -0.481 e. The zero-order chi connectivity index (χ0) is 15.0. The predicted octanol–water partition coefficient (Wildman–Crippen LogP) is 2.43. The molecule has 1 aromatic carbocycles. The summed E-state index contributed by atoms with van der Waals surface area (Å²) < 4.78 is 13.8. The van der Waals surface area contributed by atoms with Crippen molar-refractivity contribution in [3.63, 3.8) is 0 Å². The third-order valence-electron chi connectivity index (χ3n) is 4.48. The number of amides is 1. The summed E-state index contributed by atoms with van der Waals surface area (Å²) in [5.41, 5.74) is 0.490. The van der Waals surface area contributed by atoms with Crippen molar-refractivity contribution in [2.45, 2.75) is 38.3 Å². The van der Waals surface area contributed by atoms with Crippen LogP contribution < -0.4 is 0 Å². The molecule has 2 fully saturated rings. The molecule has 2 unspecified atom stereocenters. The van der Waals surface area contributed by atoms with Crippen LogP contribution in [-0.4, -0.2) is 27.9 Å². The Hall–Kier alpha value is -1.91. The summed E-state index contributed by atoms with van der Waals surface area (Å²) in [4.78, 5) is 25.3. The van der Waals surface area contributed by atoms with E-state index in [4.69, 9.17) is 5.11 Å². The molecule has 0 heterocycles. The molecule has 0 radical (unpaired) electrons. The first-order valence-electron chi connectivity index (χ1n) is 7.34.